The summed E-state index contributed by atoms with van der Waals surface area (Å²) < 4.78 is 139. The fourth-order valence-corrected chi connectivity index (χ4v) is 8.13. The number of carbonyl (C=O) groups excluding carboxylic acids is 2. The molecule has 4 aliphatic carbocycles. The minimum atomic E-state index is -6.07. The molecule has 0 aromatic heterocycles. The third kappa shape index (κ3) is 4.78. The van der Waals surface area contributed by atoms with Gasteiger partial charge in [-0.15, -0.1) is 0 Å². The van der Waals surface area contributed by atoms with Gasteiger partial charge in [0.15, 0.2) is 0 Å². The molecule has 4 nitrogen and oxygen atoms in total. The van der Waals surface area contributed by atoms with Crippen LogP contribution in [0.25, 0.3) is 0 Å². The fraction of sp³-hybridized carbons (Fsp3) is 0.920. The molecule has 4 saturated carbocycles. The number of carbonyl (C=O) groups is 2. The second kappa shape index (κ2) is 9.39. The number of alkyl halides is 10. The van der Waals surface area contributed by atoms with E-state index >= 15 is 0 Å². The fourth-order valence-electron chi connectivity index (χ4n) is 8.13. The third-order valence-corrected chi connectivity index (χ3v) is 10.3. The van der Waals surface area contributed by atoms with Crippen LogP contribution in [0.1, 0.15) is 71.6 Å². The summed E-state index contributed by atoms with van der Waals surface area (Å²) in [6, 6.07) is 0. The average molecular weight is 584 g/mol. The molecule has 14 heteroatoms. The van der Waals surface area contributed by atoms with Crippen molar-refractivity contribution >= 4 is 11.9 Å². The van der Waals surface area contributed by atoms with Crippen LogP contribution in [-0.4, -0.2) is 48.3 Å². The Labute approximate surface area is 218 Å². The van der Waals surface area contributed by atoms with Crippen LogP contribution in [0.3, 0.4) is 0 Å². The molecule has 0 aliphatic heterocycles. The van der Waals surface area contributed by atoms with E-state index in [1.807, 2.05) is 6.92 Å². The molecular weight excluding hydrogens is 554 g/mol. The first kappa shape index (κ1) is 30.2. The molecule has 8 atom stereocenters. The lowest BCUT2D eigenvalue weighted by Gasteiger charge is -2.60. The van der Waals surface area contributed by atoms with E-state index in [-0.39, 0.29) is 48.3 Å². The first-order chi connectivity index (χ1) is 17.7. The smallest absolute Gasteiger partial charge is 0.458 e. The molecule has 0 aromatic rings. The molecule has 4 aliphatic rings. The van der Waals surface area contributed by atoms with Crippen LogP contribution in [0, 0.1) is 34.5 Å². The average Bonchev–Trinajstić information content (AvgIpc) is 3.13. The largest absolute Gasteiger partial charge is 0.465 e. The summed E-state index contributed by atoms with van der Waals surface area (Å²) in [5.41, 5.74) is -1.14. The maximum absolute atomic E-state index is 13.5. The molecule has 0 radical (unpaired) electrons. The minimum absolute atomic E-state index is 0.0468. The lowest BCUT2D eigenvalue weighted by atomic mass is 9.45. The molecule has 224 valence electrons. The second-order valence-electron chi connectivity index (χ2n) is 12.1. The first-order valence-electron chi connectivity index (χ1n) is 13.0. The first-order valence-corrected chi connectivity index (χ1v) is 13.0. The van der Waals surface area contributed by atoms with Crippen LogP contribution in [0.5, 0.6) is 0 Å². The van der Waals surface area contributed by atoms with Crippen LogP contribution in [-0.2, 0) is 19.1 Å². The van der Waals surface area contributed by atoms with Crippen LogP contribution < -0.4 is 0 Å². The number of hydrogen-bond acceptors (Lipinski definition) is 4. The van der Waals surface area contributed by atoms with E-state index in [1.165, 1.54) is 0 Å². The highest BCUT2D eigenvalue weighted by molar-refractivity contribution is 5.79. The predicted molar refractivity (Wildman–Crippen MR) is 113 cm³/mol. The Morgan fingerprint density at radius 2 is 1.15 bits per heavy atom. The molecule has 0 amide bonds. The van der Waals surface area contributed by atoms with Gasteiger partial charge < -0.3 is 9.47 Å². The van der Waals surface area contributed by atoms with Crippen molar-refractivity contribution in [3.05, 3.63) is 0 Å². The molecule has 0 heterocycles. The van der Waals surface area contributed by atoms with Gasteiger partial charge in [-0.2, -0.15) is 43.9 Å². The summed E-state index contributed by atoms with van der Waals surface area (Å²) in [4.78, 5) is 23.4. The van der Waals surface area contributed by atoms with E-state index in [1.54, 1.807) is 6.92 Å². The van der Waals surface area contributed by atoms with Gasteiger partial charge in [-0.25, -0.2) is 9.59 Å². The predicted octanol–water partition coefficient (Wildman–Crippen LogP) is 7.25. The molecule has 0 aromatic carbocycles. The van der Waals surface area contributed by atoms with E-state index in [0.29, 0.717) is 38.5 Å². The number of esters is 2. The van der Waals surface area contributed by atoms with Crippen molar-refractivity contribution in [3.63, 3.8) is 0 Å². The number of hydrogen-bond donors (Lipinski definition) is 0. The highest BCUT2D eigenvalue weighted by Gasteiger charge is 2.68. The Kier molecular flexibility index (Phi) is 7.27. The Hall–Kier alpha value is -1.76. The molecule has 8 unspecified atom stereocenters. The summed E-state index contributed by atoms with van der Waals surface area (Å²) in [6.45, 7) is 3.76. The maximum Gasteiger partial charge on any atom is 0.465 e. The molecule has 0 saturated heterocycles. The van der Waals surface area contributed by atoms with Gasteiger partial charge in [0, 0.05) is 5.41 Å². The van der Waals surface area contributed by atoms with Crippen molar-refractivity contribution in [2.24, 2.45) is 34.5 Å². The quantitative estimate of drug-likeness (QED) is 0.258. The summed E-state index contributed by atoms with van der Waals surface area (Å²) in [5.74, 6) is -16.5. The van der Waals surface area contributed by atoms with Crippen LogP contribution in [0.15, 0.2) is 0 Å². The maximum atomic E-state index is 13.5. The number of rotatable bonds is 4. The lowest BCUT2D eigenvalue weighted by molar-refractivity contribution is -0.284. The minimum Gasteiger partial charge on any atom is -0.458 e. The van der Waals surface area contributed by atoms with Crippen molar-refractivity contribution in [1.29, 1.82) is 0 Å². The molecule has 39 heavy (non-hydrogen) atoms. The number of halogens is 10. The van der Waals surface area contributed by atoms with Crippen molar-refractivity contribution in [2.45, 2.75) is 108 Å². The zero-order valence-corrected chi connectivity index (χ0v) is 21.2. The highest BCUT2D eigenvalue weighted by Crippen LogP contribution is 2.67. The summed E-state index contributed by atoms with van der Waals surface area (Å²) >= 11 is 0. The highest BCUT2D eigenvalue weighted by atomic mass is 19.4. The zero-order chi connectivity index (χ0) is 29.4. The van der Waals surface area contributed by atoms with Crippen molar-refractivity contribution < 1.29 is 63.0 Å². The number of ether oxygens (including phenoxy) is 2. The molecule has 0 N–H and O–H groups in total. The van der Waals surface area contributed by atoms with Crippen LogP contribution in [0.2, 0.25) is 0 Å². The van der Waals surface area contributed by atoms with Gasteiger partial charge in [0.1, 0.15) is 12.2 Å². The van der Waals surface area contributed by atoms with E-state index < -0.39 is 53.8 Å². The van der Waals surface area contributed by atoms with Crippen LogP contribution in [0.4, 0.5) is 43.9 Å². The van der Waals surface area contributed by atoms with Crippen molar-refractivity contribution in [2.75, 3.05) is 0 Å². The van der Waals surface area contributed by atoms with E-state index in [4.69, 9.17) is 4.74 Å². The Balaban J connectivity index is 1.43. The van der Waals surface area contributed by atoms with Gasteiger partial charge in [-0.3, -0.25) is 0 Å². The molecule has 4 rings (SSSR count). The van der Waals surface area contributed by atoms with E-state index in [2.05, 4.69) is 4.74 Å². The molecule has 0 spiro atoms. The Morgan fingerprint density at radius 3 is 1.72 bits per heavy atom. The SMILES string of the molecule is CC12CCC(OC(=O)C(F)(F)C(F)(F)F)CC1CCC1C2CCC2(C)C(OC(=O)C(F)(F)C(F)(F)F)CCC12. The van der Waals surface area contributed by atoms with Crippen LogP contribution >= 0.6 is 0 Å². The molecular formula is C25H30F10O4. The van der Waals surface area contributed by atoms with E-state index in [9.17, 15) is 53.5 Å². The van der Waals surface area contributed by atoms with Gasteiger partial charge in [0.2, 0.25) is 0 Å². The topological polar surface area (TPSA) is 52.6 Å². The second-order valence-corrected chi connectivity index (χ2v) is 12.1. The number of fused-ring (bicyclic) bond motifs is 5. The Morgan fingerprint density at radius 1 is 0.641 bits per heavy atom. The van der Waals surface area contributed by atoms with Gasteiger partial charge in [0.25, 0.3) is 0 Å². The zero-order valence-electron chi connectivity index (χ0n) is 21.2. The summed E-state index contributed by atoms with van der Waals surface area (Å²) in [6.07, 6.45) is -10.9. The normalized spacial score (nSPS) is 39.3. The standard InChI is InChI=1S/C25H30F10O4/c1-20-9-7-13(38-18(36)22(26,27)24(30,31)32)11-12(20)3-4-14-15-5-6-17(21(15,2)10-8-16(14)20)39-19(37)23(28,29)25(33,34)35/h12-17H,3-11H2,1-2H3. The monoisotopic (exact) mass is 584 g/mol. The van der Waals surface area contributed by atoms with Gasteiger partial charge in [-0.1, -0.05) is 13.8 Å². The van der Waals surface area contributed by atoms with Gasteiger partial charge in [0.05, 0.1) is 0 Å². The van der Waals surface area contributed by atoms with E-state index in [0.717, 1.165) is 0 Å². The van der Waals surface area contributed by atoms with Gasteiger partial charge in [-0.05, 0) is 86.9 Å². The molecule has 4 fully saturated rings. The lowest BCUT2D eigenvalue weighted by Crippen LogP contribution is -2.55. The van der Waals surface area contributed by atoms with Crippen molar-refractivity contribution in [3.8, 4) is 0 Å². The summed E-state index contributed by atoms with van der Waals surface area (Å²) in [5, 5.41) is 0. The Bertz CT molecular complexity index is 979. The summed E-state index contributed by atoms with van der Waals surface area (Å²) in [7, 11) is 0. The van der Waals surface area contributed by atoms with Gasteiger partial charge >= 0.3 is 36.1 Å². The third-order valence-electron chi connectivity index (χ3n) is 10.3. The molecule has 0 bridgehead atoms. The van der Waals surface area contributed by atoms with Crippen molar-refractivity contribution in [1.82, 2.24) is 0 Å².